The molecule has 1 N–H and O–H groups in total. The van der Waals surface area contributed by atoms with E-state index >= 15 is 0 Å². The van der Waals surface area contributed by atoms with E-state index in [4.69, 9.17) is 0 Å². The molecule has 0 radical (unpaired) electrons. The van der Waals surface area contributed by atoms with Crippen LogP contribution in [0.15, 0.2) is 18.2 Å². The lowest BCUT2D eigenvalue weighted by molar-refractivity contribution is 0.0638. The van der Waals surface area contributed by atoms with Gasteiger partial charge < -0.3 is 15.1 Å². The highest BCUT2D eigenvalue weighted by Crippen LogP contribution is 2.09. The van der Waals surface area contributed by atoms with E-state index < -0.39 is 0 Å². The minimum absolute atomic E-state index is 0.0304. The van der Waals surface area contributed by atoms with Crippen molar-refractivity contribution in [2.45, 2.75) is 6.92 Å². The quantitative estimate of drug-likeness (QED) is 0.863. The summed E-state index contributed by atoms with van der Waals surface area (Å²) >= 11 is 0. The number of nitrogens with zero attached hydrogens (tertiary/aromatic N) is 3. The summed E-state index contributed by atoms with van der Waals surface area (Å²) in [5.41, 5.74) is 0.520. The Bertz CT molecular complexity index is 413. The zero-order chi connectivity index (χ0) is 13.0. The van der Waals surface area contributed by atoms with Crippen LogP contribution in [-0.2, 0) is 0 Å². The topological polar surface area (TPSA) is 48.5 Å². The molecule has 5 nitrogen and oxygen atoms in total. The Morgan fingerprint density at radius 3 is 2.67 bits per heavy atom. The van der Waals surface area contributed by atoms with Gasteiger partial charge in [-0.25, -0.2) is 4.98 Å². The number of rotatable bonds is 3. The molecule has 1 fully saturated rings. The molecule has 1 aliphatic rings. The number of piperazine rings is 1. The minimum atomic E-state index is 0.0304. The maximum Gasteiger partial charge on any atom is 0.272 e. The number of hydrogen-bond acceptors (Lipinski definition) is 4. The van der Waals surface area contributed by atoms with Crippen molar-refractivity contribution in [2.75, 3.05) is 45.1 Å². The van der Waals surface area contributed by atoms with E-state index in [0.29, 0.717) is 5.69 Å². The van der Waals surface area contributed by atoms with Crippen LogP contribution in [0.2, 0.25) is 0 Å². The number of hydrogen-bond donors (Lipinski definition) is 1. The van der Waals surface area contributed by atoms with E-state index in [-0.39, 0.29) is 5.91 Å². The highest BCUT2D eigenvalue weighted by Gasteiger charge is 2.22. The highest BCUT2D eigenvalue weighted by molar-refractivity contribution is 5.92. The maximum atomic E-state index is 12.3. The third-order valence-electron chi connectivity index (χ3n) is 3.33. The summed E-state index contributed by atoms with van der Waals surface area (Å²) in [5, 5.41) is 2.95. The van der Waals surface area contributed by atoms with Crippen LogP contribution in [0.3, 0.4) is 0 Å². The van der Waals surface area contributed by atoms with E-state index in [1.54, 1.807) is 13.1 Å². The van der Waals surface area contributed by atoms with Crippen LogP contribution in [0, 0.1) is 0 Å². The lowest BCUT2D eigenvalue weighted by atomic mass is 10.2. The molecule has 2 rings (SSSR count). The molecule has 5 heteroatoms. The molecular formula is C13H20N4O. The summed E-state index contributed by atoms with van der Waals surface area (Å²) in [4.78, 5) is 20.8. The summed E-state index contributed by atoms with van der Waals surface area (Å²) in [6.07, 6.45) is 0. The first-order valence-corrected chi connectivity index (χ1v) is 6.41. The van der Waals surface area contributed by atoms with Gasteiger partial charge in [-0.15, -0.1) is 0 Å². The second kappa shape index (κ2) is 5.82. The molecule has 2 heterocycles. The van der Waals surface area contributed by atoms with Crippen molar-refractivity contribution in [3.63, 3.8) is 0 Å². The molecule has 1 aliphatic heterocycles. The minimum Gasteiger partial charge on any atom is -0.373 e. The van der Waals surface area contributed by atoms with Crippen LogP contribution < -0.4 is 5.32 Å². The third-order valence-corrected chi connectivity index (χ3v) is 3.33. The zero-order valence-electron chi connectivity index (χ0n) is 11.0. The fraction of sp³-hybridized carbons (Fsp3) is 0.538. The predicted molar refractivity (Wildman–Crippen MR) is 71.8 cm³/mol. The van der Waals surface area contributed by atoms with E-state index in [0.717, 1.165) is 38.5 Å². The number of pyridine rings is 1. The van der Waals surface area contributed by atoms with Crippen molar-refractivity contribution in [1.29, 1.82) is 0 Å². The molecular weight excluding hydrogens is 228 g/mol. The normalized spacial score (nSPS) is 16.7. The molecule has 0 aromatic carbocycles. The molecule has 0 unspecified atom stereocenters. The van der Waals surface area contributed by atoms with Gasteiger partial charge in [0, 0.05) is 33.2 Å². The van der Waals surface area contributed by atoms with Gasteiger partial charge in [0.2, 0.25) is 0 Å². The molecule has 18 heavy (non-hydrogen) atoms. The van der Waals surface area contributed by atoms with Crippen LogP contribution in [0.1, 0.15) is 17.4 Å². The van der Waals surface area contributed by atoms with Crippen molar-refractivity contribution in [3.8, 4) is 0 Å². The van der Waals surface area contributed by atoms with Gasteiger partial charge in [0.1, 0.15) is 11.5 Å². The van der Waals surface area contributed by atoms with Crippen molar-refractivity contribution >= 4 is 11.7 Å². The van der Waals surface area contributed by atoms with Crippen molar-refractivity contribution in [3.05, 3.63) is 23.9 Å². The largest absolute Gasteiger partial charge is 0.373 e. The predicted octanol–water partition coefficient (Wildman–Crippen LogP) is 0.901. The van der Waals surface area contributed by atoms with Crippen LogP contribution >= 0.6 is 0 Å². The molecule has 98 valence electrons. The molecule has 1 amide bonds. The summed E-state index contributed by atoms with van der Waals surface area (Å²) in [5.74, 6) is 0.760. The monoisotopic (exact) mass is 248 g/mol. The fourth-order valence-corrected chi connectivity index (χ4v) is 2.12. The Morgan fingerprint density at radius 1 is 1.33 bits per heavy atom. The van der Waals surface area contributed by atoms with Crippen LogP contribution in [0.5, 0.6) is 0 Å². The smallest absolute Gasteiger partial charge is 0.272 e. The van der Waals surface area contributed by atoms with Gasteiger partial charge >= 0.3 is 0 Å². The Balaban J connectivity index is 2.03. The Labute approximate surface area is 108 Å². The van der Waals surface area contributed by atoms with E-state index in [1.165, 1.54) is 0 Å². The summed E-state index contributed by atoms with van der Waals surface area (Å²) in [6.45, 7) is 6.68. The van der Waals surface area contributed by atoms with Gasteiger partial charge in [0.15, 0.2) is 0 Å². The molecule has 0 bridgehead atoms. The van der Waals surface area contributed by atoms with Gasteiger partial charge in [0.25, 0.3) is 5.91 Å². The summed E-state index contributed by atoms with van der Waals surface area (Å²) in [7, 11) is 1.80. The second-order valence-corrected chi connectivity index (χ2v) is 4.38. The second-order valence-electron chi connectivity index (χ2n) is 4.38. The average molecular weight is 248 g/mol. The number of aromatic nitrogens is 1. The SMILES string of the molecule is CCN1CCN(C(=O)c2cccc(NC)n2)CC1. The number of carbonyl (C=O) groups is 1. The van der Waals surface area contributed by atoms with Crippen molar-refractivity contribution in [2.24, 2.45) is 0 Å². The summed E-state index contributed by atoms with van der Waals surface area (Å²) < 4.78 is 0. The molecule has 1 aromatic heterocycles. The van der Waals surface area contributed by atoms with Crippen LogP contribution in [0.4, 0.5) is 5.82 Å². The Morgan fingerprint density at radius 2 is 2.06 bits per heavy atom. The molecule has 0 saturated carbocycles. The molecule has 0 spiro atoms. The van der Waals surface area contributed by atoms with Crippen molar-refractivity contribution < 1.29 is 4.79 Å². The first-order chi connectivity index (χ1) is 8.74. The van der Waals surface area contributed by atoms with E-state index in [1.807, 2.05) is 17.0 Å². The molecule has 1 aromatic rings. The Hall–Kier alpha value is -1.62. The Kier molecular flexibility index (Phi) is 4.15. The number of amides is 1. The average Bonchev–Trinajstić information content (AvgIpc) is 2.46. The lowest BCUT2D eigenvalue weighted by Gasteiger charge is -2.33. The van der Waals surface area contributed by atoms with Gasteiger partial charge in [-0.2, -0.15) is 0 Å². The molecule has 0 atom stereocenters. The van der Waals surface area contributed by atoms with Crippen LogP contribution in [-0.4, -0.2) is 60.5 Å². The van der Waals surface area contributed by atoms with E-state index in [9.17, 15) is 4.79 Å². The first kappa shape index (κ1) is 12.8. The zero-order valence-corrected chi connectivity index (χ0v) is 11.0. The number of carbonyl (C=O) groups excluding carboxylic acids is 1. The lowest BCUT2D eigenvalue weighted by Crippen LogP contribution is -2.48. The first-order valence-electron chi connectivity index (χ1n) is 6.41. The van der Waals surface area contributed by atoms with Crippen LogP contribution in [0.25, 0.3) is 0 Å². The third kappa shape index (κ3) is 2.79. The number of likely N-dealkylation sites (N-methyl/N-ethyl adjacent to an activating group) is 1. The van der Waals surface area contributed by atoms with Gasteiger partial charge in [-0.05, 0) is 18.7 Å². The molecule has 1 saturated heterocycles. The standard InChI is InChI=1S/C13H20N4O/c1-3-16-7-9-17(10-8-16)13(18)11-5-4-6-12(14-2)15-11/h4-6H,3,7-10H2,1-2H3,(H,14,15). The van der Waals surface area contributed by atoms with Crippen molar-refractivity contribution in [1.82, 2.24) is 14.8 Å². The van der Waals surface area contributed by atoms with Gasteiger partial charge in [-0.3, -0.25) is 4.79 Å². The van der Waals surface area contributed by atoms with E-state index in [2.05, 4.69) is 22.1 Å². The number of nitrogens with one attached hydrogen (secondary N) is 1. The fourth-order valence-electron chi connectivity index (χ4n) is 2.12. The molecule has 0 aliphatic carbocycles. The van der Waals surface area contributed by atoms with Gasteiger partial charge in [-0.1, -0.05) is 13.0 Å². The van der Waals surface area contributed by atoms with Gasteiger partial charge in [0.05, 0.1) is 0 Å². The maximum absolute atomic E-state index is 12.3. The summed E-state index contributed by atoms with van der Waals surface area (Å²) in [6, 6.07) is 5.48. The number of anilines is 1. The highest BCUT2D eigenvalue weighted by atomic mass is 16.2.